The van der Waals surface area contributed by atoms with Crippen molar-refractivity contribution in [1.82, 2.24) is 0 Å². The number of hydrogen-bond acceptors (Lipinski definition) is 1. The van der Waals surface area contributed by atoms with Crippen molar-refractivity contribution >= 4 is 11.8 Å². The minimum absolute atomic E-state index is 0.922. The Labute approximate surface area is 102 Å². The fourth-order valence-electron chi connectivity index (χ4n) is 1.90. The second-order valence-corrected chi connectivity index (χ2v) is 5.90. The first-order valence-electron chi connectivity index (χ1n) is 6.89. The van der Waals surface area contributed by atoms with E-state index in [1.807, 2.05) is 0 Å². The molecule has 0 heterocycles. The van der Waals surface area contributed by atoms with Crippen molar-refractivity contribution < 1.29 is 0 Å². The number of thioether (sulfide) groups is 1. The van der Waals surface area contributed by atoms with Gasteiger partial charge in [0, 0.05) is 5.25 Å². The second-order valence-electron chi connectivity index (χ2n) is 4.57. The van der Waals surface area contributed by atoms with Gasteiger partial charge in [0.2, 0.25) is 0 Å². The molecule has 0 fully saturated rings. The molecule has 0 bridgehead atoms. The van der Waals surface area contributed by atoms with Gasteiger partial charge in [0.25, 0.3) is 0 Å². The van der Waals surface area contributed by atoms with Gasteiger partial charge >= 0.3 is 0 Å². The van der Waals surface area contributed by atoms with Crippen molar-refractivity contribution in [1.29, 1.82) is 0 Å². The van der Waals surface area contributed by atoms with Crippen LogP contribution in [0.15, 0.2) is 0 Å². The molecule has 0 saturated heterocycles. The van der Waals surface area contributed by atoms with Crippen molar-refractivity contribution in [2.75, 3.05) is 5.75 Å². The third-order valence-electron chi connectivity index (χ3n) is 3.18. The first-order chi connectivity index (χ1) is 7.28. The molecule has 0 aromatic carbocycles. The van der Waals surface area contributed by atoms with E-state index in [0.29, 0.717) is 0 Å². The van der Waals surface area contributed by atoms with Crippen molar-refractivity contribution in [3.05, 3.63) is 0 Å². The SMILES string of the molecule is CCCCC(CC)CSC(CC)CCC. The number of hydrogen-bond donors (Lipinski definition) is 0. The molecule has 0 aliphatic rings. The van der Waals surface area contributed by atoms with Gasteiger partial charge in [-0.25, -0.2) is 0 Å². The third-order valence-corrected chi connectivity index (χ3v) is 4.88. The summed E-state index contributed by atoms with van der Waals surface area (Å²) in [4.78, 5) is 0. The molecule has 0 amide bonds. The lowest BCUT2D eigenvalue weighted by molar-refractivity contribution is 0.498. The first-order valence-corrected chi connectivity index (χ1v) is 7.94. The molecule has 1 heteroatoms. The molecule has 92 valence electrons. The molecule has 2 atom stereocenters. The molecular weight excluding hydrogens is 200 g/mol. The highest BCUT2D eigenvalue weighted by Gasteiger charge is 2.10. The van der Waals surface area contributed by atoms with E-state index in [-0.39, 0.29) is 0 Å². The molecule has 0 aromatic rings. The average Bonchev–Trinajstić information content (AvgIpc) is 2.27. The quantitative estimate of drug-likeness (QED) is 0.476. The molecule has 0 nitrogen and oxygen atoms in total. The van der Waals surface area contributed by atoms with Crippen LogP contribution in [-0.2, 0) is 0 Å². The van der Waals surface area contributed by atoms with Crippen molar-refractivity contribution in [2.24, 2.45) is 5.92 Å². The molecule has 0 spiro atoms. The van der Waals surface area contributed by atoms with Crippen LogP contribution < -0.4 is 0 Å². The Hall–Kier alpha value is 0.350. The van der Waals surface area contributed by atoms with Gasteiger partial charge < -0.3 is 0 Å². The highest BCUT2D eigenvalue weighted by Crippen LogP contribution is 2.25. The van der Waals surface area contributed by atoms with E-state index in [1.165, 1.54) is 50.7 Å². The van der Waals surface area contributed by atoms with E-state index in [4.69, 9.17) is 0 Å². The van der Waals surface area contributed by atoms with Crippen LogP contribution in [0, 0.1) is 5.92 Å². The Morgan fingerprint density at radius 3 is 2.07 bits per heavy atom. The summed E-state index contributed by atoms with van der Waals surface area (Å²) in [5.41, 5.74) is 0. The predicted molar refractivity (Wildman–Crippen MR) is 74.8 cm³/mol. The molecule has 0 rings (SSSR count). The summed E-state index contributed by atoms with van der Waals surface area (Å²) in [6, 6.07) is 0. The van der Waals surface area contributed by atoms with Gasteiger partial charge in [0.05, 0.1) is 0 Å². The molecule has 0 N–H and O–H groups in total. The highest BCUT2D eigenvalue weighted by molar-refractivity contribution is 7.99. The number of rotatable bonds is 10. The van der Waals surface area contributed by atoms with Gasteiger partial charge in [0.15, 0.2) is 0 Å². The zero-order chi connectivity index (χ0) is 11.5. The van der Waals surface area contributed by atoms with Crippen LogP contribution in [0.5, 0.6) is 0 Å². The van der Waals surface area contributed by atoms with Crippen LogP contribution >= 0.6 is 11.8 Å². The fraction of sp³-hybridized carbons (Fsp3) is 1.00. The normalized spacial score (nSPS) is 15.2. The van der Waals surface area contributed by atoms with Crippen molar-refractivity contribution in [3.63, 3.8) is 0 Å². The molecule has 0 saturated carbocycles. The molecule has 15 heavy (non-hydrogen) atoms. The van der Waals surface area contributed by atoms with Gasteiger partial charge in [-0.05, 0) is 30.9 Å². The summed E-state index contributed by atoms with van der Waals surface area (Å²) in [5, 5.41) is 0.922. The van der Waals surface area contributed by atoms with Crippen molar-refractivity contribution in [2.45, 2.75) is 77.9 Å². The Morgan fingerprint density at radius 1 is 0.867 bits per heavy atom. The Bertz CT molecular complexity index is 123. The second kappa shape index (κ2) is 10.9. The Balaban J connectivity index is 3.66. The maximum atomic E-state index is 2.35. The zero-order valence-corrected chi connectivity index (χ0v) is 12.0. The van der Waals surface area contributed by atoms with Gasteiger partial charge in [-0.1, -0.05) is 53.4 Å². The van der Waals surface area contributed by atoms with E-state index in [9.17, 15) is 0 Å². The maximum absolute atomic E-state index is 2.35. The van der Waals surface area contributed by atoms with Crippen LogP contribution in [0.2, 0.25) is 0 Å². The Kier molecular flexibility index (Phi) is 11.1. The minimum atomic E-state index is 0.922. The lowest BCUT2D eigenvalue weighted by atomic mass is 10.0. The van der Waals surface area contributed by atoms with Gasteiger partial charge in [-0.2, -0.15) is 11.8 Å². The topological polar surface area (TPSA) is 0 Å². The van der Waals surface area contributed by atoms with E-state index in [0.717, 1.165) is 11.2 Å². The Morgan fingerprint density at radius 2 is 1.60 bits per heavy atom. The summed E-state index contributed by atoms with van der Waals surface area (Å²) in [5.74, 6) is 2.37. The van der Waals surface area contributed by atoms with E-state index in [1.54, 1.807) is 0 Å². The monoisotopic (exact) mass is 230 g/mol. The third kappa shape index (κ3) is 8.19. The summed E-state index contributed by atoms with van der Waals surface area (Å²) < 4.78 is 0. The molecule has 0 aliphatic heterocycles. The van der Waals surface area contributed by atoms with E-state index in [2.05, 4.69) is 39.5 Å². The first kappa shape index (κ1) is 15.3. The lowest BCUT2D eigenvalue weighted by Gasteiger charge is -2.18. The zero-order valence-electron chi connectivity index (χ0n) is 11.2. The average molecular weight is 230 g/mol. The van der Waals surface area contributed by atoms with Gasteiger partial charge in [-0.15, -0.1) is 0 Å². The van der Waals surface area contributed by atoms with Crippen molar-refractivity contribution in [3.8, 4) is 0 Å². The fourth-order valence-corrected chi connectivity index (χ4v) is 3.48. The smallest absolute Gasteiger partial charge is 0.00444 e. The summed E-state index contributed by atoms with van der Waals surface area (Å²) in [6.07, 6.45) is 9.69. The molecular formula is C14H30S. The summed E-state index contributed by atoms with van der Waals surface area (Å²) >= 11 is 2.23. The van der Waals surface area contributed by atoms with Gasteiger partial charge in [0.1, 0.15) is 0 Å². The highest BCUT2D eigenvalue weighted by atomic mass is 32.2. The molecule has 0 radical (unpaired) electrons. The lowest BCUT2D eigenvalue weighted by Crippen LogP contribution is -2.08. The van der Waals surface area contributed by atoms with Crippen LogP contribution in [0.4, 0.5) is 0 Å². The van der Waals surface area contributed by atoms with E-state index >= 15 is 0 Å². The maximum Gasteiger partial charge on any atom is 0.00444 e. The van der Waals surface area contributed by atoms with E-state index < -0.39 is 0 Å². The van der Waals surface area contributed by atoms with Gasteiger partial charge in [-0.3, -0.25) is 0 Å². The van der Waals surface area contributed by atoms with Crippen LogP contribution in [-0.4, -0.2) is 11.0 Å². The summed E-state index contributed by atoms with van der Waals surface area (Å²) in [6.45, 7) is 9.28. The number of unbranched alkanes of at least 4 members (excludes halogenated alkanes) is 1. The summed E-state index contributed by atoms with van der Waals surface area (Å²) in [7, 11) is 0. The molecule has 0 aliphatic carbocycles. The minimum Gasteiger partial charge on any atom is -0.158 e. The van der Waals surface area contributed by atoms with Crippen LogP contribution in [0.25, 0.3) is 0 Å². The molecule has 2 unspecified atom stereocenters. The standard InChI is InChI=1S/C14H30S/c1-5-9-11-13(7-3)12-15-14(8-4)10-6-2/h13-14H,5-12H2,1-4H3. The largest absolute Gasteiger partial charge is 0.158 e. The molecule has 0 aromatic heterocycles. The van der Waals surface area contributed by atoms with Crippen LogP contribution in [0.1, 0.15) is 72.6 Å². The van der Waals surface area contributed by atoms with Crippen LogP contribution in [0.3, 0.4) is 0 Å². The predicted octanol–water partition coefficient (Wildman–Crippen LogP) is 5.51.